The molecule has 0 bridgehead atoms. The average molecular weight is 394 g/mol. The summed E-state index contributed by atoms with van der Waals surface area (Å²) in [6, 6.07) is 11.6. The largest absolute Gasteiger partial charge is 0.330 e. The number of thiophene rings is 1. The van der Waals surface area contributed by atoms with Gasteiger partial charge in [-0.15, -0.1) is 11.3 Å². The van der Waals surface area contributed by atoms with E-state index in [1.807, 2.05) is 30.3 Å². The van der Waals surface area contributed by atoms with E-state index in [2.05, 4.69) is 5.10 Å². The van der Waals surface area contributed by atoms with Gasteiger partial charge in [0, 0.05) is 24.9 Å². The lowest BCUT2D eigenvalue weighted by molar-refractivity contribution is 0.0978. The van der Waals surface area contributed by atoms with Crippen molar-refractivity contribution in [3.05, 3.63) is 62.4 Å². The number of benzene rings is 1. The highest BCUT2D eigenvalue weighted by Crippen LogP contribution is 2.39. The second-order valence-corrected chi connectivity index (χ2v) is 7.79. The Morgan fingerprint density at radius 1 is 1.32 bits per heavy atom. The van der Waals surface area contributed by atoms with Crippen LogP contribution in [0, 0.1) is 0 Å². The molecule has 0 aliphatic carbocycles. The number of ketones is 1. The molecule has 0 saturated carbocycles. The van der Waals surface area contributed by atoms with Crippen molar-refractivity contribution >= 4 is 40.3 Å². The quantitative estimate of drug-likeness (QED) is 0.613. The first-order valence-corrected chi connectivity index (χ1v) is 9.34. The maximum atomic E-state index is 12.7. The molecule has 0 saturated heterocycles. The number of aromatic nitrogens is 2. The topological polar surface area (TPSA) is 60.9 Å². The Morgan fingerprint density at radius 2 is 2.04 bits per heavy atom. The fourth-order valence-electron chi connectivity index (χ4n) is 2.77. The Bertz CT molecular complexity index is 870. The molecule has 1 aromatic carbocycles. The van der Waals surface area contributed by atoms with Gasteiger partial charge in [0.05, 0.1) is 21.8 Å². The van der Waals surface area contributed by atoms with E-state index in [1.54, 1.807) is 24.0 Å². The fraction of sp³-hybridized carbons (Fsp3) is 0.222. The third kappa shape index (κ3) is 3.80. The summed E-state index contributed by atoms with van der Waals surface area (Å²) in [5.74, 6) is 0.00839. The van der Waals surface area contributed by atoms with Crippen molar-refractivity contribution < 1.29 is 4.79 Å². The number of carbonyl (C=O) groups excluding carboxylic acids is 1. The molecule has 2 heterocycles. The van der Waals surface area contributed by atoms with Crippen LogP contribution in [-0.4, -0.2) is 22.1 Å². The van der Waals surface area contributed by atoms with Crippen LogP contribution in [0.15, 0.2) is 42.6 Å². The van der Waals surface area contributed by atoms with Gasteiger partial charge in [0.25, 0.3) is 0 Å². The number of hydrogen-bond donors (Lipinski definition) is 1. The third-order valence-corrected chi connectivity index (χ3v) is 5.77. The highest BCUT2D eigenvalue weighted by Gasteiger charge is 2.21. The molecular formula is C18H17Cl2N3OS. The second-order valence-electron chi connectivity index (χ2n) is 5.73. The van der Waals surface area contributed by atoms with Crippen molar-refractivity contribution in [1.82, 2.24) is 9.78 Å². The van der Waals surface area contributed by atoms with Gasteiger partial charge in [-0.05, 0) is 18.2 Å². The van der Waals surface area contributed by atoms with Gasteiger partial charge in [-0.3, -0.25) is 9.48 Å². The van der Waals surface area contributed by atoms with Crippen LogP contribution in [0.2, 0.25) is 9.36 Å². The summed E-state index contributed by atoms with van der Waals surface area (Å²) < 4.78 is 2.18. The number of rotatable bonds is 6. The molecule has 1 atom stereocenters. The van der Waals surface area contributed by atoms with E-state index in [0.29, 0.717) is 32.9 Å². The summed E-state index contributed by atoms with van der Waals surface area (Å²) in [6.45, 7) is 0.412. The molecule has 0 aliphatic heterocycles. The fourth-order valence-corrected chi connectivity index (χ4v) is 4.26. The summed E-state index contributed by atoms with van der Waals surface area (Å²) in [5, 5.41) is 4.62. The molecule has 7 heteroatoms. The first kappa shape index (κ1) is 18.1. The molecule has 0 unspecified atom stereocenters. The third-order valence-electron chi connectivity index (χ3n) is 4.10. The van der Waals surface area contributed by atoms with Crippen molar-refractivity contribution in [3.63, 3.8) is 0 Å². The van der Waals surface area contributed by atoms with Gasteiger partial charge >= 0.3 is 0 Å². The van der Waals surface area contributed by atoms with E-state index >= 15 is 0 Å². The average Bonchev–Trinajstić information content (AvgIpc) is 3.15. The monoisotopic (exact) mass is 393 g/mol. The predicted molar refractivity (Wildman–Crippen MR) is 104 cm³/mol. The number of hydrogen-bond acceptors (Lipinski definition) is 4. The molecular weight excluding hydrogens is 377 g/mol. The normalized spacial score (nSPS) is 12.3. The lowest BCUT2D eigenvalue weighted by Gasteiger charge is -2.13. The summed E-state index contributed by atoms with van der Waals surface area (Å²) in [4.78, 5) is 13.3. The molecule has 0 aliphatic rings. The van der Waals surface area contributed by atoms with Gasteiger partial charge in [-0.2, -0.15) is 5.10 Å². The number of aryl methyl sites for hydroxylation is 1. The molecule has 2 aromatic heterocycles. The number of Topliss-reactive ketones (excluding diaryl/α,β-unsaturated/α-hetero) is 1. The van der Waals surface area contributed by atoms with Crippen molar-refractivity contribution in [2.24, 2.45) is 12.8 Å². The van der Waals surface area contributed by atoms with Crippen molar-refractivity contribution in [3.8, 4) is 11.3 Å². The highest BCUT2D eigenvalue weighted by molar-refractivity contribution is 7.18. The van der Waals surface area contributed by atoms with Crippen LogP contribution in [0.3, 0.4) is 0 Å². The molecule has 0 fully saturated rings. The van der Waals surface area contributed by atoms with Crippen LogP contribution in [0.25, 0.3) is 11.3 Å². The summed E-state index contributed by atoms with van der Waals surface area (Å²) in [5.41, 5.74) is 8.38. The maximum Gasteiger partial charge on any atom is 0.173 e. The molecule has 0 amide bonds. The van der Waals surface area contributed by atoms with Crippen molar-refractivity contribution in [2.45, 2.75) is 12.3 Å². The van der Waals surface area contributed by atoms with E-state index in [9.17, 15) is 4.79 Å². The Hall–Kier alpha value is -1.66. The van der Waals surface area contributed by atoms with Gasteiger partial charge in [-0.25, -0.2) is 0 Å². The van der Waals surface area contributed by atoms with Crippen LogP contribution >= 0.6 is 34.5 Å². The zero-order valence-corrected chi connectivity index (χ0v) is 15.9. The Labute approximate surface area is 160 Å². The highest BCUT2D eigenvalue weighted by atomic mass is 35.5. The molecule has 130 valence electrons. The van der Waals surface area contributed by atoms with E-state index in [0.717, 1.165) is 11.1 Å². The van der Waals surface area contributed by atoms with Crippen LogP contribution in [-0.2, 0) is 7.05 Å². The minimum absolute atomic E-state index is 0.0154. The van der Waals surface area contributed by atoms with Crippen LogP contribution in [0.5, 0.6) is 0 Å². The molecule has 4 nitrogen and oxygen atoms in total. The van der Waals surface area contributed by atoms with E-state index in [-0.39, 0.29) is 11.7 Å². The second kappa shape index (κ2) is 7.70. The predicted octanol–water partition coefficient (Wildman–Crippen LogP) is 4.77. The van der Waals surface area contributed by atoms with Gasteiger partial charge in [0.1, 0.15) is 4.34 Å². The Kier molecular flexibility index (Phi) is 5.59. The lowest BCUT2D eigenvalue weighted by Crippen LogP contribution is -2.16. The van der Waals surface area contributed by atoms with E-state index in [4.69, 9.17) is 28.9 Å². The molecule has 2 N–H and O–H groups in total. The maximum absolute atomic E-state index is 12.7. The molecule has 25 heavy (non-hydrogen) atoms. The molecule has 0 radical (unpaired) electrons. The number of nitrogens with two attached hydrogens (primary N) is 1. The van der Waals surface area contributed by atoms with Crippen LogP contribution in [0.4, 0.5) is 0 Å². The minimum atomic E-state index is -0.0154. The number of nitrogens with zero attached hydrogens (tertiary/aromatic N) is 2. The molecule has 0 spiro atoms. The number of carbonyl (C=O) groups is 1. The standard InChI is InChI=1S/C18H17Cl2N3OS/c1-23-17(14(19)10-22-23)13-8-16(25-18(13)20)15(24)7-12(9-21)11-5-3-2-4-6-11/h2-6,8,10,12H,7,9,21H2,1H3/t12-/m1/s1. The van der Waals surface area contributed by atoms with Crippen LogP contribution < -0.4 is 5.73 Å². The first-order chi connectivity index (χ1) is 12.0. The molecule has 3 aromatic rings. The van der Waals surface area contributed by atoms with Gasteiger partial charge in [-0.1, -0.05) is 53.5 Å². The van der Waals surface area contributed by atoms with Gasteiger partial charge in [0.15, 0.2) is 5.78 Å². The van der Waals surface area contributed by atoms with E-state index < -0.39 is 0 Å². The Morgan fingerprint density at radius 3 is 2.64 bits per heavy atom. The Balaban J connectivity index is 1.85. The summed E-state index contributed by atoms with van der Waals surface area (Å²) >= 11 is 13.8. The summed E-state index contributed by atoms with van der Waals surface area (Å²) in [6.07, 6.45) is 1.90. The lowest BCUT2D eigenvalue weighted by atomic mass is 9.93. The van der Waals surface area contributed by atoms with Gasteiger partial charge < -0.3 is 5.73 Å². The van der Waals surface area contributed by atoms with Crippen molar-refractivity contribution in [1.29, 1.82) is 0 Å². The van der Waals surface area contributed by atoms with Crippen LogP contribution in [0.1, 0.15) is 27.6 Å². The van der Waals surface area contributed by atoms with Gasteiger partial charge in [0.2, 0.25) is 0 Å². The smallest absolute Gasteiger partial charge is 0.173 e. The zero-order chi connectivity index (χ0) is 18.0. The molecule has 3 rings (SSSR count). The van der Waals surface area contributed by atoms with Crippen molar-refractivity contribution in [2.75, 3.05) is 6.54 Å². The SMILES string of the molecule is Cn1ncc(Cl)c1-c1cc(C(=O)C[C@H](CN)c2ccccc2)sc1Cl. The zero-order valence-electron chi connectivity index (χ0n) is 13.6. The minimum Gasteiger partial charge on any atom is -0.330 e. The summed E-state index contributed by atoms with van der Waals surface area (Å²) in [7, 11) is 1.79. The first-order valence-electron chi connectivity index (χ1n) is 7.76. The van der Waals surface area contributed by atoms with E-state index in [1.165, 1.54) is 11.3 Å². The number of halogens is 2.